The van der Waals surface area contributed by atoms with E-state index in [1.54, 1.807) is 19.9 Å². The summed E-state index contributed by atoms with van der Waals surface area (Å²) >= 11 is 3.02. The third-order valence-corrected chi connectivity index (χ3v) is 5.62. The Balaban J connectivity index is 2.20. The van der Waals surface area contributed by atoms with Crippen molar-refractivity contribution in [3.05, 3.63) is 63.6 Å². The van der Waals surface area contributed by atoms with Crippen molar-refractivity contribution in [2.24, 2.45) is 0 Å². The summed E-state index contributed by atoms with van der Waals surface area (Å²) in [7, 11) is -3.86. The van der Waals surface area contributed by atoms with Crippen molar-refractivity contribution in [1.82, 2.24) is 10.0 Å². The molecule has 0 bridgehead atoms. The van der Waals surface area contributed by atoms with Crippen LogP contribution < -0.4 is 10.0 Å². The number of nitrogens with one attached hydrogen (secondary N) is 2. The van der Waals surface area contributed by atoms with Gasteiger partial charge in [0, 0.05) is 12.6 Å². The molecule has 0 radical (unpaired) electrons. The standard InChI is InChI=1S/C17H17BrF2N2O3S/c1-10(2)22-26(24,25)12-4-6-15(19)13(8-12)17(23)21-9-11-3-5-14(18)16(20)7-11/h3-8,10,22H,9H2,1-2H3,(H,21,23). The second-order valence-corrected chi connectivity index (χ2v) is 8.42. The maximum atomic E-state index is 14.0. The fourth-order valence-electron chi connectivity index (χ4n) is 2.15. The first kappa shape index (κ1) is 20.5. The van der Waals surface area contributed by atoms with Gasteiger partial charge >= 0.3 is 0 Å². The van der Waals surface area contributed by atoms with Crippen LogP contribution in [0.1, 0.15) is 29.8 Å². The molecule has 2 rings (SSSR count). The van der Waals surface area contributed by atoms with Crippen molar-refractivity contribution < 1.29 is 22.0 Å². The van der Waals surface area contributed by atoms with Crippen LogP contribution in [0, 0.1) is 11.6 Å². The predicted molar refractivity (Wildman–Crippen MR) is 97.1 cm³/mol. The zero-order chi connectivity index (χ0) is 19.5. The van der Waals surface area contributed by atoms with Gasteiger partial charge in [-0.25, -0.2) is 21.9 Å². The molecule has 0 fully saturated rings. The van der Waals surface area contributed by atoms with Crippen LogP contribution in [0.3, 0.4) is 0 Å². The molecule has 5 nitrogen and oxygen atoms in total. The second kappa shape index (κ2) is 8.24. The minimum absolute atomic E-state index is 0.0380. The molecule has 9 heteroatoms. The van der Waals surface area contributed by atoms with E-state index >= 15 is 0 Å². The Morgan fingerprint density at radius 2 is 1.81 bits per heavy atom. The van der Waals surface area contributed by atoms with Crippen LogP contribution in [0.5, 0.6) is 0 Å². The third-order valence-electron chi connectivity index (χ3n) is 3.32. The van der Waals surface area contributed by atoms with Crippen LogP contribution in [-0.4, -0.2) is 20.4 Å². The zero-order valence-electron chi connectivity index (χ0n) is 14.0. The summed E-state index contributed by atoms with van der Waals surface area (Å²) in [5, 5.41) is 2.45. The van der Waals surface area contributed by atoms with E-state index in [-0.39, 0.29) is 22.0 Å². The Bertz CT molecular complexity index is 934. The minimum Gasteiger partial charge on any atom is -0.348 e. The first-order chi connectivity index (χ1) is 12.1. The fraction of sp³-hybridized carbons (Fsp3) is 0.235. The lowest BCUT2D eigenvalue weighted by Crippen LogP contribution is -2.31. The molecular weight excluding hydrogens is 430 g/mol. The van der Waals surface area contributed by atoms with Crippen molar-refractivity contribution in [2.45, 2.75) is 31.3 Å². The molecule has 0 aliphatic heterocycles. The Labute approximate surface area is 159 Å². The van der Waals surface area contributed by atoms with Gasteiger partial charge < -0.3 is 5.32 Å². The number of carbonyl (C=O) groups excluding carboxylic acids is 1. The van der Waals surface area contributed by atoms with E-state index in [2.05, 4.69) is 26.0 Å². The largest absolute Gasteiger partial charge is 0.348 e. The first-order valence-electron chi connectivity index (χ1n) is 7.64. The molecule has 0 spiro atoms. The van der Waals surface area contributed by atoms with Crippen molar-refractivity contribution in [1.29, 1.82) is 0 Å². The lowest BCUT2D eigenvalue weighted by molar-refractivity contribution is 0.0946. The maximum absolute atomic E-state index is 14.0. The number of rotatable bonds is 6. The Morgan fingerprint density at radius 1 is 1.12 bits per heavy atom. The Morgan fingerprint density at radius 3 is 2.42 bits per heavy atom. The fourth-order valence-corrected chi connectivity index (χ4v) is 3.67. The van der Waals surface area contributed by atoms with Gasteiger partial charge in [-0.15, -0.1) is 0 Å². The van der Waals surface area contributed by atoms with Gasteiger partial charge in [-0.1, -0.05) is 6.07 Å². The SMILES string of the molecule is CC(C)NS(=O)(=O)c1ccc(F)c(C(=O)NCc2ccc(Br)c(F)c2)c1. The van der Waals surface area contributed by atoms with E-state index in [1.807, 2.05) is 0 Å². The summed E-state index contributed by atoms with van der Waals surface area (Å²) in [6.07, 6.45) is 0. The molecule has 0 aliphatic carbocycles. The van der Waals surface area contributed by atoms with Crippen LogP contribution in [0.15, 0.2) is 45.8 Å². The van der Waals surface area contributed by atoms with Gasteiger partial charge in [0.1, 0.15) is 11.6 Å². The normalized spacial score (nSPS) is 11.6. The van der Waals surface area contributed by atoms with Crippen LogP contribution in [0.25, 0.3) is 0 Å². The predicted octanol–water partition coefficient (Wildman–Crippen LogP) is 3.34. The minimum atomic E-state index is -3.86. The summed E-state index contributed by atoms with van der Waals surface area (Å²) in [5.74, 6) is -2.14. The summed E-state index contributed by atoms with van der Waals surface area (Å²) in [4.78, 5) is 12.0. The summed E-state index contributed by atoms with van der Waals surface area (Å²) < 4.78 is 54.4. The Hall–Kier alpha value is -1.84. The molecule has 140 valence electrons. The van der Waals surface area contributed by atoms with Crippen LogP contribution >= 0.6 is 15.9 Å². The number of benzene rings is 2. The quantitative estimate of drug-likeness (QED) is 0.714. The highest BCUT2D eigenvalue weighted by atomic mass is 79.9. The maximum Gasteiger partial charge on any atom is 0.254 e. The van der Waals surface area contributed by atoms with Crippen LogP contribution in [0.4, 0.5) is 8.78 Å². The van der Waals surface area contributed by atoms with Gasteiger partial charge in [0.05, 0.1) is 14.9 Å². The van der Waals surface area contributed by atoms with E-state index in [4.69, 9.17) is 0 Å². The number of hydrogen-bond donors (Lipinski definition) is 2. The van der Waals surface area contributed by atoms with Gasteiger partial charge in [-0.2, -0.15) is 0 Å². The van der Waals surface area contributed by atoms with Gasteiger partial charge in [-0.05, 0) is 65.7 Å². The highest BCUT2D eigenvalue weighted by molar-refractivity contribution is 9.10. The molecule has 0 saturated heterocycles. The molecule has 26 heavy (non-hydrogen) atoms. The molecule has 0 heterocycles. The highest BCUT2D eigenvalue weighted by Gasteiger charge is 2.20. The molecule has 0 aliphatic rings. The molecule has 0 saturated carbocycles. The topological polar surface area (TPSA) is 75.3 Å². The van der Waals surface area contributed by atoms with E-state index < -0.39 is 33.1 Å². The number of sulfonamides is 1. The molecular formula is C17H17BrF2N2O3S. The monoisotopic (exact) mass is 446 g/mol. The number of hydrogen-bond acceptors (Lipinski definition) is 3. The van der Waals surface area contributed by atoms with Gasteiger partial charge in [0.25, 0.3) is 5.91 Å². The number of carbonyl (C=O) groups is 1. The van der Waals surface area contributed by atoms with Crippen molar-refractivity contribution in [3.8, 4) is 0 Å². The van der Waals surface area contributed by atoms with E-state index in [0.29, 0.717) is 5.56 Å². The highest BCUT2D eigenvalue weighted by Crippen LogP contribution is 2.18. The van der Waals surface area contributed by atoms with E-state index in [0.717, 1.165) is 18.2 Å². The molecule has 0 aromatic heterocycles. The number of halogens is 3. The number of amides is 1. The smallest absolute Gasteiger partial charge is 0.254 e. The van der Waals surface area contributed by atoms with Crippen LogP contribution in [-0.2, 0) is 16.6 Å². The summed E-state index contributed by atoms with van der Waals surface area (Å²) in [6, 6.07) is 6.93. The lowest BCUT2D eigenvalue weighted by Gasteiger charge is -2.11. The van der Waals surface area contributed by atoms with Gasteiger partial charge in [0.15, 0.2) is 0 Å². The van der Waals surface area contributed by atoms with Crippen molar-refractivity contribution in [2.75, 3.05) is 0 Å². The molecule has 2 aromatic rings. The third kappa shape index (κ3) is 5.09. The molecule has 2 aromatic carbocycles. The lowest BCUT2D eigenvalue weighted by atomic mass is 10.2. The van der Waals surface area contributed by atoms with Crippen LogP contribution in [0.2, 0.25) is 0 Å². The second-order valence-electron chi connectivity index (χ2n) is 5.85. The zero-order valence-corrected chi connectivity index (χ0v) is 16.4. The molecule has 1 amide bonds. The van der Waals surface area contributed by atoms with Crippen molar-refractivity contribution in [3.63, 3.8) is 0 Å². The van der Waals surface area contributed by atoms with Gasteiger partial charge in [-0.3, -0.25) is 4.79 Å². The first-order valence-corrected chi connectivity index (χ1v) is 9.92. The molecule has 0 atom stereocenters. The summed E-state index contributed by atoms with van der Waals surface area (Å²) in [6.45, 7) is 3.25. The van der Waals surface area contributed by atoms with Gasteiger partial charge in [0.2, 0.25) is 10.0 Å². The van der Waals surface area contributed by atoms with E-state index in [1.165, 1.54) is 12.1 Å². The average Bonchev–Trinajstić information content (AvgIpc) is 2.54. The van der Waals surface area contributed by atoms with Crippen molar-refractivity contribution >= 4 is 31.9 Å². The average molecular weight is 447 g/mol. The van der Waals surface area contributed by atoms with E-state index in [9.17, 15) is 22.0 Å². The molecule has 2 N–H and O–H groups in total. The Kier molecular flexibility index (Phi) is 6.48. The molecule has 0 unspecified atom stereocenters. The summed E-state index contributed by atoms with van der Waals surface area (Å²) in [5.41, 5.74) is 0.0684.